The number of esters is 1. The average molecular weight is 383 g/mol. The Balaban J connectivity index is 1.55. The molecule has 3 rings (SSSR count). The number of hydrogen-bond donors (Lipinski definition) is 2. The first-order chi connectivity index (χ1) is 13.6. The summed E-state index contributed by atoms with van der Waals surface area (Å²) in [6.45, 7) is 1.52. The number of ether oxygens (including phenoxy) is 1. The second kappa shape index (κ2) is 9.21. The molecule has 1 atom stereocenters. The van der Waals surface area contributed by atoms with Crippen molar-refractivity contribution in [3.05, 3.63) is 48.2 Å². The SMILES string of the molecule is COC(=O)/C=C/CCNC(=O)C1CCCN(C(=O)c2c[nH]c3ccccc23)C1. The van der Waals surface area contributed by atoms with E-state index in [4.69, 9.17) is 0 Å². The molecule has 1 aromatic carbocycles. The fourth-order valence-electron chi connectivity index (χ4n) is 3.47. The number of carbonyl (C=O) groups is 3. The number of likely N-dealkylation sites (tertiary alicyclic amines) is 1. The number of methoxy groups -OCH3 is 1. The average Bonchev–Trinajstić information content (AvgIpc) is 3.16. The van der Waals surface area contributed by atoms with Crippen LogP contribution in [-0.4, -0.2) is 54.4 Å². The summed E-state index contributed by atoms with van der Waals surface area (Å²) in [6.07, 6.45) is 6.86. The Morgan fingerprint density at radius 3 is 2.96 bits per heavy atom. The number of nitrogens with zero attached hydrogens (tertiary/aromatic N) is 1. The van der Waals surface area contributed by atoms with Gasteiger partial charge in [-0.15, -0.1) is 0 Å². The molecule has 1 fully saturated rings. The van der Waals surface area contributed by atoms with Crippen LogP contribution in [0.1, 0.15) is 29.6 Å². The van der Waals surface area contributed by atoms with Gasteiger partial charge in [-0.2, -0.15) is 0 Å². The molecular weight excluding hydrogens is 358 g/mol. The van der Waals surface area contributed by atoms with Crippen LogP contribution in [0.2, 0.25) is 0 Å². The molecular formula is C21H25N3O4. The zero-order valence-electron chi connectivity index (χ0n) is 15.9. The van der Waals surface area contributed by atoms with Gasteiger partial charge in [0.15, 0.2) is 0 Å². The maximum atomic E-state index is 13.0. The molecule has 148 valence electrons. The van der Waals surface area contributed by atoms with E-state index in [-0.39, 0.29) is 17.7 Å². The van der Waals surface area contributed by atoms with Gasteiger partial charge in [0, 0.05) is 42.8 Å². The number of nitrogens with one attached hydrogen (secondary N) is 2. The summed E-state index contributed by atoms with van der Waals surface area (Å²) in [5, 5.41) is 3.78. The lowest BCUT2D eigenvalue weighted by molar-refractivity contribution is -0.134. The zero-order valence-corrected chi connectivity index (χ0v) is 15.9. The smallest absolute Gasteiger partial charge is 0.330 e. The number of rotatable bonds is 6. The minimum Gasteiger partial charge on any atom is -0.466 e. The normalized spacial score (nSPS) is 17.0. The Hall–Kier alpha value is -3.09. The number of carbonyl (C=O) groups excluding carboxylic acids is 3. The Labute approximate surface area is 163 Å². The third-order valence-electron chi connectivity index (χ3n) is 4.96. The molecule has 1 aliphatic heterocycles. The molecule has 1 saturated heterocycles. The van der Waals surface area contributed by atoms with Crippen molar-refractivity contribution in [2.75, 3.05) is 26.7 Å². The number of piperidine rings is 1. The summed E-state index contributed by atoms with van der Waals surface area (Å²) < 4.78 is 4.51. The van der Waals surface area contributed by atoms with Crippen molar-refractivity contribution < 1.29 is 19.1 Å². The molecule has 2 N–H and O–H groups in total. The first-order valence-electron chi connectivity index (χ1n) is 9.47. The van der Waals surface area contributed by atoms with Crippen molar-refractivity contribution in [3.63, 3.8) is 0 Å². The van der Waals surface area contributed by atoms with Gasteiger partial charge in [0.1, 0.15) is 0 Å². The second-order valence-corrected chi connectivity index (χ2v) is 6.84. The predicted octanol–water partition coefficient (Wildman–Crippen LogP) is 2.26. The maximum absolute atomic E-state index is 13.0. The van der Waals surface area contributed by atoms with E-state index >= 15 is 0 Å². The molecule has 2 aromatic rings. The molecule has 0 aliphatic carbocycles. The van der Waals surface area contributed by atoms with Gasteiger partial charge in [-0.1, -0.05) is 24.3 Å². The summed E-state index contributed by atoms with van der Waals surface area (Å²) in [7, 11) is 1.32. The highest BCUT2D eigenvalue weighted by molar-refractivity contribution is 6.06. The quantitative estimate of drug-likeness (QED) is 0.455. The minimum absolute atomic E-state index is 0.0454. The van der Waals surface area contributed by atoms with Crippen molar-refractivity contribution in [3.8, 4) is 0 Å². The van der Waals surface area contributed by atoms with E-state index in [1.54, 1.807) is 17.2 Å². The van der Waals surface area contributed by atoms with Gasteiger partial charge in [-0.25, -0.2) is 4.79 Å². The van der Waals surface area contributed by atoms with Gasteiger partial charge < -0.3 is 19.9 Å². The lowest BCUT2D eigenvalue weighted by Gasteiger charge is -2.32. The Bertz CT molecular complexity index is 887. The molecule has 7 nitrogen and oxygen atoms in total. The van der Waals surface area contributed by atoms with Crippen LogP contribution in [0.5, 0.6) is 0 Å². The summed E-state index contributed by atoms with van der Waals surface area (Å²) in [6, 6.07) is 7.70. The van der Waals surface area contributed by atoms with E-state index in [0.29, 0.717) is 31.6 Å². The van der Waals surface area contributed by atoms with Crippen LogP contribution in [0.15, 0.2) is 42.6 Å². The third-order valence-corrected chi connectivity index (χ3v) is 4.96. The molecule has 7 heteroatoms. The molecule has 1 aromatic heterocycles. The van der Waals surface area contributed by atoms with Crippen molar-refractivity contribution in [1.29, 1.82) is 0 Å². The molecule has 0 radical (unpaired) electrons. The van der Waals surface area contributed by atoms with Gasteiger partial charge in [0.25, 0.3) is 5.91 Å². The van der Waals surface area contributed by atoms with Crippen LogP contribution in [0.25, 0.3) is 10.9 Å². The van der Waals surface area contributed by atoms with Gasteiger partial charge in [0.05, 0.1) is 18.6 Å². The number of hydrogen-bond acceptors (Lipinski definition) is 4. The lowest BCUT2D eigenvalue weighted by atomic mass is 9.96. The Kier molecular flexibility index (Phi) is 6.47. The third kappa shape index (κ3) is 4.60. The van der Waals surface area contributed by atoms with Gasteiger partial charge in [-0.3, -0.25) is 9.59 Å². The Morgan fingerprint density at radius 1 is 1.32 bits per heavy atom. The maximum Gasteiger partial charge on any atom is 0.330 e. The summed E-state index contributed by atoms with van der Waals surface area (Å²) in [5.41, 5.74) is 1.57. The molecule has 28 heavy (non-hydrogen) atoms. The van der Waals surface area contributed by atoms with E-state index in [0.717, 1.165) is 23.7 Å². The molecule has 0 saturated carbocycles. The van der Waals surface area contributed by atoms with Crippen molar-refractivity contribution in [1.82, 2.24) is 15.2 Å². The number of amides is 2. The molecule has 2 amide bonds. The largest absolute Gasteiger partial charge is 0.466 e. The van der Waals surface area contributed by atoms with Gasteiger partial charge >= 0.3 is 5.97 Å². The second-order valence-electron chi connectivity index (χ2n) is 6.84. The van der Waals surface area contributed by atoms with E-state index in [9.17, 15) is 14.4 Å². The number of aromatic amines is 1. The lowest BCUT2D eigenvalue weighted by Crippen LogP contribution is -2.45. The van der Waals surface area contributed by atoms with E-state index in [1.165, 1.54) is 13.2 Å². The van der Waals surface area contributed by atoms with Crippen molar-refractivity contribution in [2.45, 2.75) is 19.3 Å². The minimum atomic E-state index is -0.412. The number of aromatic nitrogens is 1. The number of fused-ring (bicyclic) bond motifs is 1. The van der Waals surface area contributed by atoms with Crippen LogP contribution in [0, 0.1) is 5.92 Å². The monoisotopic (exact) mass is 383 g/mol. The van der Waals surface area contributed by atoms with Gasteiger partial charge in [-0.05, 0) is 25.3 Å². The van der Waals surface area contributed by atoms with Crippen LogP contribution < -0.4 is 5.32 Å². The highest BCUT2D eigenvalue weighted by Crippen LogP contribution is 2.23. The highest BCUT2D eigenvalue weighted by atomic mass is 16.5. The Morgan fingerprint density at radius 2 is 2.14 bits per heavy atom. The number of para-hydroxylation sites is 1. The van der Waals surface area contributed by atoms with E-state index < -0.39 is 5.97 Å². The fourth-order valence-corrected chi connectivity index (χ4v) is 3.47. The first kappa shape index (κ1) is 19.7. The van der Waals surface area contributed by atoms with Crippen LogP contribution in [-0.2, 0) is 14.3 Å². The van der Waals surface area contributed by atoms with Crippen LogP contribution in [0.4, 0.5) is 0 Å². The fraction of sp³-hybridized carbons (Fsp3) is 0.381. The number of benzene rings is 1. The molecule has 2 heterocycles. The zero-order chi connectivity index (χ0) is 19.9. The molecule has 0 bridgehead atoms. The van der Waals surface area contributed by atoms with E-state index in [2.05, 4.69) is 15.0 Å². The summed E-state index contributed by atoms with van der Waals surface area (Å²) in [5.74, 6) is -0.726. The first-order valence-corrected chi connectivity index (χ1v) is 9.47. The predicted molar refractivity (Wildman–Crippen MR) is 106 cm³/mol. The standard InChI is InChI=1S/C21H25N3O4/c1-28-19(25)10-4-5-11-22-20(26)15-7-6-12-24(14-15)21(27)17-13-23-18-9-3-2-8-16(17)18/h2-4,8-10,13,15,23H,5-7,11-12,14H2,1H3,(H,22,26)/b10-4+. The van der Waals surface area contributed by atoms with Crippen molar-refractivity contribution >= 4 is 28.7 Å². The summed E-state index contributed by atoms with van der Waals surface area (Å²) >= 11 is 0. The number of H-pyrrole nitrogens is 1. The van der Waals surface area contributed by atoms with Crippen LogP contribution >= 0.6 is 0 Å². The topological polar surface area (TPSA) is 91.5 Å². The van der Waals surface area contributed by atoms with Gasteiger partial charge in [0.2, 0.25) is 5.91 Å². The highest BCUT2D eigenvalue weighted by Gasteiger charge is 2.29. The van der Waals surface area contributed by atoms with E-state index in [1.807, 2.05) is 24.3 Å². The van der Waals surface area contributed by atoms with Crippen molar-refractivity contribution in [2.24, 2.45) is 5.92 Å². The molecule has 1 aliphatic rings. The summed E-state index contributed by atoms with van der Waals surface area (Å²) in [4.78, 5) is 41.3. The molecule has 1 unspecified atom stereocenters. The van der Waals surface area contributed by atoms with Crippen LogP contribution in [0.3, 0.4) is 0 Å². The molecule has 0 spiro atoms.